The maximum Gasteiger partial charge on any atom is 0.280 e. The molecule has 0 spiro atoms. The molecule has 158 valence electrons. The molecule has 2 atom stereocenters. The second kappa shape index (κ2) is 9.10. The number of nitrogens with two attached hydrogens (primary N) is 1. The molecule has 0 radical (unpaired) electrons. The molecule has 2 aliphatic rings. The van der Waals surface area contributed by atoms with Crippen molar-refractivity contribution in [1.82, 2.24) is 0 Å². The van der Waals surface area contributed by atoms with Gasteiger partial charge < -0.3 is 16.0 Å². The minimum Gasteiger partial charge on any atom is -0.369 e. The highest BCUT2D eigenvalue weighted by Crippen LogP contribution is 2.39. The van der Waals surface area contributed by atoms with Crippen LogP contribution >= 0.6 is 11.3 Å². The summed E-state index contributed by atoms with van der Waals surface area (Å²) in [5.41, 5.74) is 7.87. The van der Waals surface area contributed by atoms with E-state index in [1.165, 1.54) is 4.88 Å². The van der Waals surface area contributed by atoms with Crippen molar-refractivity contribution < 1.29 is 19.3 Å². The van der Waals surface area contributed by atoms with E-state index in [2.05, 4.69) is 5.32 Å². The first-order valence-electron chi connectivity index (χ1n) is 10.7. The summed E-state index contributed by atoms with van der Waals surface area (Å²) in [5, 5.41) is 3.70. The Balaban J connectivity index is 1.54. The van der Waals surface area contributed by atoms with E-state index in [0.29, 0.717) is 22.7 Å². The lowest BCUT2D eigenvalue weighted by molar-refractivity contribution is -0.899. The summed E-state index contributed by atoms with van der Waals surface area (Å²) < 4.78 is 0. The second-order valence-corrected chi connectivity index (χ2v) is 9.39. The molecule has 4 rings (SSSR count). The van der Waals surface area contributed by atoms with Crippen LogP contribution in [0, 0.1) is 5.92 Å². The fraction of sp³-hybridized carbons (Fsp3) is 0.435. The standard InChI is InChI=1S/C23H27N3O3S/c24-22(29)16-9-6-12-26(13-16)14-19(27)25-23-20(17-10-4-5-11-18(17)30-23)21(28)15-7-2-1-3-8-15/h1-3,7-8,16H,4-6,9-14H2,(H2,24,29)(H,25,27)/p+1/t16-/m0/s1. The van der Waals surface area contributed by atoms with Gasteiger partial charge in [-0.15, -0.1) is 11.3 Å². The second-order valence-electron chi connectivity index (χ2n) is 8.28. The number of fused-ring (bicyclic) bond motifs is 1. The molecule has 4 N–H and O–H groups in total. The number of carbonyl (C=O) groups is 3. The molecule has 6 nitrogen and oxygen atoms in total. The summed E-state index contributed by atoms with van der Waals surface area (Å²) in [6.45, 7) is 1.73. The molecule has 1 aliphatic heterocycles. The number of carbonyl (C=O) groups excluding carboxylic acids is 3. The van der Waals surface area contributed by atoms with Gasteiger partial charge in [-0.25, -0.2) is 0 Å². The quantitative estimate of drug-likeness (QED) is 0.612. The van der Waals surface area contributed by atoms with Crippen LogP contribution < -0.4 is 16.0 Å². The number of hydrogen-bond acceptors (Lipinski definition) is 4. The summed E-state index contributed by atoms with van der Waals surface area (Å²) in [6.07, 6.45) is 5.72. The molecule has 1 saturated heterocycles. The van der Waals surface area contributed by atoms with Crippen LogP contribution in [0.25, 0.3) is 0 Å². The van der Waals surface area contributed by atoms with E-state index < -0.39 is 0 Å². The molecular weight excluding hydrogens is 398 g/mol. The number of anilines is 1. The van der Waals surface area contributed by atoms with Gasteiger partial charge in [0.15, 0.2) is 12.3 Å². The van der Waals surface area contributed by atoms with Crippen LogP contribution in [-0.4, -0.2) is 37.2 Å². The van der Waals surface area contributed by atoms with Gasteiger partial charge in [0.2, 0.25) is 5.91 Å². The van der Waals surface area contributed by atoms with Crippen LogP contribution in [0.4, 0.5) is 5.00 Å². The SMILES string of the molecule is NC(=O)[C@H]1CCC[NH+](CC(=O)Nc2sc3c(c2C(=O)c2ccccc2)CCCC3)C1. The van der Waals surface area contributed by atoms with Crippen molar-refractivity contribution in [1.29, 1.82) is 0 Å². The van der Waals surface area contributed by atoms with Gasteiger partial charge in [0.25, 0.3) is 5.91 Å². The summed E-state index contributed by atoms with van der Waals surface area (Å²) in [4.78, 5) is 39.9. The summed E-state index contributed by atoms with van der Waals surface area (Å²) in [5.74, 6) is -0.583. The minimum absolute atomic E-state index is 0.0237. The van der Waals surface area contributed by atoms with E-state index >= 15 is 0 Å². The number of aryl methyl sites for hydroxylation is 1. The number of thiophene rings is 1. The Morgan fingerprint density at radius 1 is 1.10 bits per heavy atom. The Bertz CT molecular complexity index is 954. The lowest BCUT2D eigenvalue weighted by Crippen LogP contribution is -3.14. The monoisotopic (exact) mass is 426 g/mol. The average molecular weight is 427 g/mol. The first kappa shape index (κ1) is 20.8. The largest absolute Gasteiger partial charge is 0.369 e. The molecule has 1 fully saturated rings. The molecule has 1 aromatic carbocycles. The lowest BCUT2D eigenvalue weighted by Gasteiger charge is -2.27. The zero-order valence-electron chi connectivity index (χ0n) is 17.0. The van der Waals surface area contributed by atoms with Gasteiger partial charge in [-0.05, 0) is 44.1 Å². The normalized spacial score (nSPS) is 20.9. The van der Waals surface area contributed by atoms with Crippen LogP contribution in [-0.2, 0) is 22.4 Å². The lowest BCUT2D eigenvalue weighted by atomic mass is 9.92. The first-order chi connectivity index (χ1) is 14.5. The molecule has 1 aliphatic carbocycles. The average Bonchev–Trinajstić information content (AvgIpc) is 3.11. The van der Waals surface area contributed by atoms with Crippen LogP contribution in [0.5, 0.6) is 0 Å². The van der Waals surface area contributed by atoms with E-state index in [4.69, 9.17) is 5.73 Å². The third-order valence-corrected chi connectivity index (χ3v) is 7.33. The van der Waals surface area contributed by atoms with Gasteiger partial charge in [-0.2, -0.15) is 0 Å². The highest BCUT2D eigenvalue weighted by atomic mass is 32.1. The number of piperidine rings is 1. The van der Waals surface area contributed by atoms with Gasteiger partial charge >= 0.3 is 0 Å². The predicted octanol–water partition coefficient (Wildman–Crippen LogP) is 1.58. The Hall–Kier alpha value is -2.51. The van der Waals surface area contributed by atoms with Crippen molar-refractivity contribution >= 4 is 33.9 Å². The van der Waals surface area contributed by atoms with Crippen LogP contribution in [0.15, 0.2) is 30.3 Å². The van der Waals surface area contributed by atoms with Crippen LogP contribution in [0.2, 0.25) is 0 Å². The van der Waals surface area contributed by atoms with Gasteiger partial charge in [0, 0.05) is 10.4 Å². The molecule has 0 bridgehead atoms. The van der Waals surface area contributed by atoms with Crippen molar-refractivity contribution in [3.05, 3.63) is 51.9 Å². The highest BCUT2D eigenvalue weighted by molar-refractivity contribution is 7.17. The summed E-state index contributed by atoms with van der Waals surface area (Å²) in [7, 11) is 0. The number of benzene rings is 1. The minimum atomic E-state index is -0.283. The zero-order chi connectivity index (χ0) is 21.1. The van der Waals surface area contributed by atoms with E-state index in [1.807, 2.05) is 30.3 Å². The van der Waals surface area contributed by atoms with Crippen molar-refractivity contribution in [2.75, 3.05) is 25.0 Å². The first-order valence-corrected chi connectivity index (χ1v) is 11.5. The smallest absolute Gasteiger partial charge is 0.280 e. The van der Waals surface area contributed by atoms with E-state index in [1.54, 1.807) is 11.3 Å². The summed E-state index contributed by atoms with van der Waals surface area (Å²) in [6, 6.07) is 9.26. The van der Waals surface area contributed by atoms with Crippen molar-refractivity contribution in [3.8, 4) is 0 Å². The zero-order valence-corrected chi connectivity index (χ0v) is 17.9. The van der Waals surface area contributed by atoms with Crippen molar-refractivity contribution in [2.24, 2.45) is 11.7 Å². The Labute approximate surface area is 180 Å². The Morgan fingerprint density at radius 2 is 1.87 bits per heavy atom. The fourth-order valence-corrected chi connectivity index (χ4v) is 5.88. The highest BCUT2D eigenvalue weighted by Gasteiger charge is 2.30. The van der Waals surface area contributed by atoms with Crippen LogP contribution in [0.1, 0.15) is 52.0 Å². The van der Waals surface area contributed by atoms with Gasteiger partial charge in [-0.3, -0.25) is 14.4 Å². The number of ketones is 1. The fourth-order valence-electron chi connectivity index (χ4n) is 4.58. The number of likely N-dealkylation sites (tertiary alicyclic amines) is 1. The third-order valence-electron chi connectivity index (χ3n) is 6.12. The Morgan fingerprint density at radius 3 is 2.63 bits per heavy atom. The maximum absolute atomic E-state index is 13.3. The maximum atomic E-state index is 13.3. The number of rotatable bonds is 6. The third kappa shape index (κ3) is 4.47. The van der Waals surface area contributed by atoms with Gasteiger partial charge in [0.05, 0.1) is 24.6 Å². The molecule has 30 heavy (non-hydrogen) atoms. The molecule has 7 heteroatoms. The number of nitrogens with one attached hydrogen (secondary N) is 2. The molecular formula is C23H28N3O3S+. The summed E-state index contributed by atoms with van der Waals surface area (Å²) >= 11 is 1.54. The molecule has 2 heterocycles. The van der Waals surface area contributed by atoms with Gasteiger partial charge in [0.1, 0.15) is 5.00 Å². The Kier molecular flexibility index (Phi) is 6.29. The van der Waals surface area contributed by atoms with Gasteiger partial charge in [-0.1, -0.05) is 30.3 Å². The number of amides is 2. The number of quaternary nitrogens is 1. The molecule has 1 aromatic heterocycles. The van der Waals surface area contributed by atoms with E-state index in [-0.39, 0.29) is 30.1 Å². The topological polar surface area (TPSA) is 93.7 Å². The molecule has 1 unspecified atom stereocenters. The van der Waals surface area contributed by atoms with Crippen molar-refractivity contribution in [3.63, 3.8) is 0 Å². The van der Waals surface area contributed by atoms with E-state index in [0.717, 1.165) is 55.5 Å². The number of primary amides is 1. The molecule has 2 aromatic rings. The number of hydrogen-bond donors (Lipinski definition) is 3. The molecule has 0 saturated carbocycles. The molecule has 2 amide bonds. The van der Waals surface area contributed by atoms with Crippen molar-refractivity contribution in [2.45, 2.75) is 38.5 Å². The van der Waals surface area contributed by atoms with Crippen LogP contribution in [0.3, 0.4) is 0 Å². The van der Waals surface area contributed by atoms with E-state index in [9.17, 15) is 14.4 Å². The predicted molar refractivity (Wildman–Crippen MR) is 117 cm³/mol.